The summed E-state index contributed by atoms with van der Waals surface area (Å²) in [5.74, 6) is 0.162. The first-order valence-electron chi connectivity index (χ1n) is 10.7. The van der Waals surface area contributed by atoms with Crippen molar-refractivity contribution in [1.82, 2.24) is 9.88 Å². The number of aromatic nitrogens is 1. The van der Waals surface area contributed by atoms with Gasteiger partial charge in [0.25, 0.3) is 5.91 Å². The molecule has 2 aromatic carbocycles. The van der Waals surface area contributed by atoms with Crippen LogP contribution in [0.2, 0.25) is 0 Å². The van der Waals surface area contributed by atoms with Crippen molar-refractivity contribution in [1.29, 1.82) is 0 Å². The van der Waals surface area contributed by atoms with E-state index in [1.165, 1.54) is 23.5 Å². The van der Waals surface area contributed by atoms with E-state index in [0.717, 1.165) is 27.9 Å². The third-order valence-corrected chi connectivity index (χ3v) is 6.64. The van der Waals surface area contributed by atoms with E-state index in [4.69, 9.17) is 0 Å². The first-order chi connectivity index (χ1) is 14.8. The van der Waals surface area contributed by atoms with E-state index in [-0.39, 0.29) is 11.7 Å². The van der Waals surface area contributed by atoms with Gasteiger partial charge in [-0.2, -0.15) is 0 Å². The smallest absolute Gasteiger partial charge is 0.253 e. The summed E-state index contributed by atoms with van der Waals surface area (Å²) in [6, 6.07) is 10.4. The van der Waals surface area contributed by atoms with Gasteiger partial charge in [0.15, 0.2) is 0 Å². The molecule has 2 N–H and O–H groups in total. The van der Waals surface area contributed by atoms with E-state index in [0.29, 0.717) is 44.0 Å². The second-order valence-electron chi connectivity index (χ2n) is 8.81. The minimum Gasteiger partial charge on any atom is -0.390 e. The molecule has 0 spiro atoms. The Morgan fingerprint density at radius 1 is 1.26 bits per heavy atom. The van der Waals surface area contributed by atoms with Crippen molar-refractivity contribution in [3.8, 4) is 0 Å². The number of nitrogens with one attached hydrogen (secondary N) is 1. The lowest BCUT2D eigenvalue weighted by Gasteiger charge is -2.39. The second-order valence-corrected chi connectivity index (χ2v) is 9.70. The van der Waals surface area contributed by atoms with Gasteiger partial charge >= 0.3 is 0 Å². The van der Waals surface area contributed by atoms with Crippen LogP contribution in [-0.4, -0.2) is 39.6 Å². The number of fused-ring (bicyclic) bond motifs is 1. The maximum Gasteiger partial charge on any atom is 0.253 e. The zero-order valence-corrected chi connectivity index (χ0v) is 18.7. The summed E-state index contributed by atoms with van der Waals surface area (Å²) in [6.07, 6.45) is 2.01. The lowest BCUT2D eigenvalue weighted by atomic mass is 9.84. The van der Waals surface area contributed by atoms with E-state index in [2.05, 4.69) is 24.1 Å². The maximum absolute atomic E-state index is 13.8. The normalized spacial score (nSPS) is 16.1. The molecule has 2 heterocycles. The Morgan fingerprint density at radius 3 is 2.65 bits per heavy atom. The Morgan fingerprint density at radius 2 is 1.97 bits per heavy atom. The Labute approximate surface area is 185 Å². The van der Waals surface area contributed by atoms with Crippen LogP contribution in [-0.2, 0) is 6.54 Å². The fraction of sp³-hybridized carbons (Fsp3) is 0.417. The molecule has 0 radical (unpaired) electrons. The van der Waals surface area contributed by atoms with Crippen molar-refractivity contribution >= 4 is 33.1 Å². The third-order valence-electron chi connectivity index (χ3n) is 5.86. The fourth-order valence-corrected chi connectivity index (χ4v) is 5.08. The van der Waals surface area contributed by atoms with Crippen molar-refractivity contribution in [2.24, 2.45) is 5.92 Å². The molecular weight excluding hydrogens is 413 g/mol. The van der Waals surface area contributed by atoms with Gasteiger partial charge in [-0.3, -0.25) is 4.79 Å². The minimum atomic E-state index is -0.654. The molecule has 4 rings (SSSR count). The molecule has 164 valence electrons. The molecule has 5 nitrogen and oxygen atoms in total. The molecule has 1 aliphatic heterocycles. The van der Waals surface area contributed by atoms with Crippen LogP contribution in [0.15, 0.2) is 41.9 Å². The molecule has 7 heteroatoms. The maximum atomic E-state index is 13.8. The topological polar surface area (TPSA) is 65.5 Å². The van der Waals surface area contributed by atoms with E-state index in [1.807, 2.05) is 29.2 Å². The number of piperidine rings is 1. The van der Waals surface area contributed by atoms with Gasteiger partial charge in [0, 0.05) is 36.4 Å². The van der Waals surface area contributed by atoms with Crippen molar-refractivity contribution in [3.05, 3.63) is 58.9 Å². The highest BCUT2D eigenvalue weighted by Gasteiger charge is 2.34. The van der Waals surface area contributed by atoms with Gasteiger partial charge in [-0.15, -0.1) is 11.3 Å². The quantitative estimate of drug-likeness (QED) is 0.561. The van der Waals surface area contributed by atoms with E-state index in [9.17, 15) is 14.3 Å². The lowest BCUT2D eigenvalue weighted by molar-refractivity contribution is -0.0311. The van der Waals surface area contributed by atoms with Gasteiger partial charge in [-0.05, 0) is 61.6 Å². The second kappa shape index (κ2) is 8.93. The largest absolute Gasteiger partial charge is 0.390 e. The molecule has 1 amide bonds. The highest BCUT2D eigenvalue weighted by atomic mass is 32.1. The van der Waals surface area contributed by atoms with Crippen LogP contribution < -0.4 is 5.32 Å². The number of halogens is 1. The first-order valence-corrected chi connectivity index (χ1v) is 11.6. The van der Waals surface area contributed by atoms with Gasteiger partial charge in [0.1, 0.15) is 5.82 Å². The molecule has 3 aromatic rings. The Hall–Kier alpha value is -2.51. The summed E-state index contributed by atoms with van der Waals surface area (Å²) in [5, 5.41) is 14.0. The number of nitrogens with zero attached hydrogens (tertiary/aromatic N) is 2. The molecular formula is C24H28FN3O2S. The van der Waals surface area contributed by atoms with Crippen LogP contribution in [0.3, 0.4) is 0 Å². The Balaban J connectivity index is 1.36. The lowest BCUT2D eigenvalue weighted by Crippen LogP contribution is -2.47. The highest BCUT2D eigenvalue weighted by molar-refractivity contribution is 7.16. The molecule has 1 aliphatic rings. The summed E-state index contributed by atoms with van der Waals surface area (Å²) in [6.45, 7) is 5.82. The van der Waals surface area contributed by atoms with Gasteiger partial charge in [-0.25, -0.2) is 9.37 Å². The molecule has 1 aromatic heterocycles. The van der Waals surface area contributed by atoms with Crippen LogP contribution in [0.5, 0.6) is 0 Å². The molecule has 1 fully saturated rings. The van der Waals surface area contributed by atoms with E-state index < -0.39 is 5.60 Å². The number of hydrogen-bond acceptors (Lipinski definition) is 5. The number of anilines is 1. The molecule has 0 bridgehead atoms. The zero-order chi connectivity index (χ0) is 22.0. The molecule has 0 aliphatic carbocycles. The number of aliphatic hydroxyl groups is 1. The summed E-state index contributed by atoms with van der Waals surface area (Å²) < 4.78 is 14.7. The molecule has 31 heavy (non-hydrogen) atoms. The predicted molar refractivity (Wildman–Crippen MR) is 123 cm³/mol. The van der Waals surface area contributed by atoms with Gasteiger partial charge in [-0.1, -0.05) is 13.8 Å². The average Bonchev–Trinajstić information content (AvgIpc) is 3.20. The van der Waals surface area contributed by atoms with Crippen LogP contribution in [0.25, 0.3) is 10.2 Å². The zero-order valence-electron chi connectivity index (χ0n) is 17.9. The van der Waals surface area contributed by atoms with Crippen LogP contribution in [0, 0.1) is 11.7 Å². The van der Waals surface area contributed by atoms with Gasteiger partial charge < -0.3 is 15.3 Å². The molecule has 0 unspecified atom stereocenters. The molecule has 1 saturated heterocycles. The SMILES string of the molecule is CC(C)CC1(O)CCN(C(=O)c2ccc(NCc3cc(F)cc4scnc34)cc2)CC1. The number of likely N-dealkylation sites (tertiary alicyclic amines) is 1. The number of hydrogen-bond donors (Lipinski definition) is 2. The standard InChI is InChI=1S/C24H28FN3O2S/c1-16(2)13-24(30)7-9-28(10-8-24)23(29)17-3-5-20(6-4-17)26-14-18-11-19(25)12-21-22(18)27-15-31-21/h3-6,11-12,15-16,26,30H,7-10,13-14H2,1-2H3. The Bertz CT molecular complexity index is 1060. The fourth-order valence-electron chi connectivity index (χ4n) is 4.34. The number of rotatable bonds is 6. The third kappa shape index (κ3) is 5.05. The number of thiazole rings is 1. The van der Waals surface area contributed by atoms with Crippen LogP contribution in [0.1, 0.15) is 49.0 Å². The number of carbonyl (C=O) groups excluding carboxylic acids is 1. The Kier molecular flexibility index (Phi) is 6.25. The van der Waals surface area contributed by atoms with Crippen LogP contribution >= 0.6 is 11.3 Å². The molecule has 0 atom stereocenters. The molecule has 0 saturated carbocycles. The average molecular weight is 442 g/mol. The summed E-state index contributed by atoms with van der Waals surface area (Å²) in [5.41, 5.74) is 4.17. The van der Waals surface area contributed by atoms with Crippen molar-refractivity contribution in [3.63, 3.8) is 0 Å². The predicted octanol–water partition coefficient (Wildman–Crippen LogP) is 5.06. The number of benzene rings is 2. The monoisotopic (exact) mass is 441 g/mol. The van der Waals surface area contributed by atoms with E-state index in [1.54, 1.807) is 5.51 Å². The van der Waals surface area contributed by atoms with Crippen LogP contribution in [0.4, 0.5) is 10.1 Å². The summed E-state index contributed by atoms with van der Waals surface area (Å²) >= 11 is 1.42. The first kappa shape index (κ1) is 21.7. The minimum absolute atomic E-state index is 0.00698. The van der Waals surface area contributed by atoms with Crippen molar-refractivity contribution < 1.29 is 14.3 Å². The van der Waals surface area contributed by atoms with Crippen molar-refractivity contribution in [2.75, 3.05) is 18.4 Å². The summed E-state index contributed by atoms with van der Waals surface area (Å²) in [7, 11) is 0. The van der Waals surface area contributed by atoms with Crippen molar-refractivity contribution in [2.45, 2.75) is 45.3 Å². The highest BCUT2D eigenvalue weighted by Crippen LogP contribution is 2.29. The van der Waals surface area contributed by atoms with Gasteiger partial charge in [0.2, 0.25) is 0 Å². The number of carbonyl (C=O) groups is 1. The van der Waals surface area contributed by atoms with E-state index >= 15 is 0 Å². The van der Waals surface area contributed by atoms with Gasteiger partial charge in [0.05, 0.1) is 21.3 Å². The number of amides is 1. The summed E-state index contributed by atoms with van der Waals surface area (Å²) in [4.78, 5) is 19.0.